The van der Waals surface area contributed by atoms with Crippen LogP contribution in [0.3, 0.4) is 0 Å². The number of guanidine groups is 1. The highest BCUT2D eigenvalue weighted by molar-refractivity contribution is 14.0. The van der Waals surface area contributed by atoms with Gasteiger partial charge in [-0.2, -0.15) is 13.2 Å². The number of thiazole rings is 1. The van der Waals surface area contributed by atoms with Gasteiger partial charge in [0, 0.05) is 38.0 Å². The maximum Gasteiger partial charge on any atom is 0.434 e. The summed E-state index contributed by atoms with van der Waals surface area (Å²) in [5, 5.41) is 10.2. The van der Waals surface area contributed by atoms with Crippen molar-refractivity contribution in [2.75, 3.05) is 26.2 Å². The van der Waals surface area contributed by atoms with E-state index >= 15 is 0 Å². The SMILES string of the molecule is CCNC(=NCCCNC(=O)OC(C)(C)C)NCCc1nc(C(F)(F)F)cs1.I. The second kappa shape index (κ2) is 13.1. The predicted molar refractivity (Wildman–Crippen MR) is 119 cm³/mol. The van der Waals surface area contributed by atoms with Gasteiger partial charge in [0.2, 0.25) is 0 Å². The Kier molecular flexibility index (Phi) is 12.5. The smallest absolute Gasteiger partial charge is 0.434 e. The Morgan fingerprint density at radius 1 is 1.21 bits per heavy atom. The Morgan fingerprint density at radius 2 is 1.90 bits per heavy atom. The Labute approximate surface area is 190 Å². The molecule has 3 N–H and O–H groups in total. The van der Waals surface area contributed by atoms with Crippen LogP contribution in [0.15, 0.2) is 10.4 Å². The number of amides is 1. The predicted octanol–water partition coefficient (Wildman–Crippen LogP) is 3.79. The maximum atomic E-state index is 12.6. The number of carbonyl (C=O) groups is 1. The Bertz CT molecular complexity index is 648. The normalized spacial score (nSPS) is 12.2. The molecule has 1 aromatic heterocycles. The third kappa shape index (κ3) is 12.8. The van der Waals surface area contributed by atoms with Crippen LogP contribution in [0.4, 0.5) is 18.0 Å². The van der Waals surface area contributed by atoms with E-state index in [1.165, 1.54) is 0 Å². The van der Waals surface area contributed by atoms with Gasteiger partial charge in [0.15, 0.2) is 11.7 Å². The molecular weight excluding hydrogens is 522 g/mol. The van der Waals surface area contributed by atoms with E-state index in [9.17, 15) is 18.0 Å². The van der Waals surface area contributed by atoms with Crippen molar-refractivity contribution in [2.24, 2.45) is 4.99 Å². The molecule has 0 fully saturated rings. The Morgan fingerprint density at radius 3 is 2.45 bits per heavy atom. The van der Waals surface area contributed by atoms with Gasteiger partial charge in [-0.05, 0) is 34.1 Å². The number of hydrogen-bond acceptors (Lipinski definition) is 5. The monoisotopic (exact) mass is 551 g/mol. The molecule has 12 heteroatoms. The van der Waals surface area contributed by atoms with Crippen LogP contribution in [0.1, 0.15) is 44.8 Å². The zero-order valence-corrected chi connectivity index (χ0v) is 20.1. The first-order valence-corrected chi connectivity index (χ1v) is 9.90. The summed E-state index contributed by atoms with van der Waals surface area (Å²) < 4.78 is 42.8. The molecule has 0 radical (unpaired) electrons. The Balaban J connectivity index is 0.00000784. The molecule has 1 aromatic rings. The van der Waals surface area contributed by atoms with E-state index in [0.29, 0.717) is 50.0 Å². The lowest BCUT2D eigenvalue weighted by Crippen LogP contribution is -2.38. The quantitative estimate of drug-likeness (QED) is 0.198. The minimum atomic E-state index is -4.41. The zero-order chi connectivity index (χ0) is 21.2. The van der Waals surface area contributed by atoms with E-state index in [0.717, 1.165) is 16.7 Å². The third-order valence-corrected chi connectivity index (χ3v) is 4.00. The summed E-state index contributed by atoms with van der Waals surface area (Å²) in [6, 6.07) is 0. The molecule has 29 heavy (non-hydrogen) atoms. The van der Waals surface area contributed by atoms with Crippen molar-refractivity contribution in [3.8, 4) is 0 Å². The van der Waals surface area contributed by atoms with Gasteiger partial charge in [0.1, 0.15) is 5.60 Å². The summed E-state index contributed by atoms with van der Waals surface area (Å²) in [6.45, 7) is 9.25. The number of nitrogens with zero attached hydrogens (tertiary/aromatic N) is 2. The molecule has 0 saturated carbocycles. The largest absolute Gasteiger partial charge is 0.444 e. The number of rotatable bonds is 8. The number of alkyl halides is 3. The van der Waals surface area contributed by atoms with Gasteiger partial charge in [-0.25, -0.2) is 9.78 Å². The van der Waals surface area contributed by atoms with E-state index < -0.39 is 23.6 Å². The van der Waals surface area contributed by atoms with Crippen LogP contribution in [-0.2, 0) is 17.3 Å². The maximum absolute atomic E-state index is 12.6. The topological polar surface area (TPSA) is 87.6 Å². The first-order valence-electron chi connectivity index (χ1n) is 9.02. The summed E-state index contributed by atoms with van der Waals surface area (Å²) in [5.74, 6) is 0.562. The molecule has 7 nitrogen and oxygen atoms in total. The molecule has 0 bridgehead atoms. The van der Waals surface area contributed by atoms with Crippen molar-refractivity contribution in [2.45, 2.75) is 52.3 Å². The fraction of sp³-hybridized carbons (Fsp3) is 0.706. The summed E-state index contributed by atoms with van der Waals surface area (Å²) in [6.07, 6.45) is -3.89. The van der Waals surface area contributed by atoms with E-state index in [-0.39, 0.29) is 24.0 Å². The summed E-state index contributed by atoms with van der Waals surface area (Å²) in [7, 11) is 0. The minimum Gasteiger partial charge on any atom is -0.444 e. The van der Waals surface area contributed by atoms with Crippen molar-refractivity contribution in [3.63, 3.8) is 0 Å². The highest BCUT2D eigenvalue weighted by Gasteiger charge is 2.33. The van der Waals surface area contributed by atoms with E-state index in [2.05, 4.69) is 25.9 Å². The number of hydrogen-bond donors (Lipinski definition) is 3. The van der Waals surface area contributed by atoms with Gasteiger partial charge in [-0.1, -0.05) is 0 Å². The average molecular weight is 551 g/mol. The molecule has 0 aliphatic carbocycles. The molecular formula is C17H29F3IN5O2S. The van der Waals surface area contributed by atoms with Crippen molar-refractivity contribution in [3.05, 3.63) is 16.1 Å². The average Bonchev–Trinajstić information content (AvgIpc) is 3.02. The van der Waals surface area contributed by atoms with Gasteiger partial charge in [-0.3, -0.25) is 4.99 Å². The van der Waals surface area contributed by atoms with E-state index in [1.54, 1.807) is 20.8 Å². The first kappa shape index (κ1) is 27.7. The van der Waals surface area contributed by atoms with Crippen LogP contribution < -0.4 is 16.0 Å². The number of carbonyl (C=O) groups excluding carboxylic acids is 1. The summed E-state index contributed by atoms with van der Waals surface area (Å²) >= 11 is 0.989. The summed E-state index contributed by atoms with van der Waals surface area (Å²) in [5.41, 5.74) is -1.39. The minimum absolute atomic E-state index is 0. The standard InChI is InChI=1S/C17H28F3N5O2S.HI/c1-5-21-14(22-8-6-9-24-15(26)27-16(2,3)4)23-10-7-13-25-12(11-28-13)17(18,19)20;/h11H,5-10H2,1-4H3,(H,24,26)(H2,21,22,23);1H. The molecule has 0 aliphatic heterocycles. The van der Waals surface area contributed by atoms with Crippen LogP contribution >= 0.6 is 35.3 Å². The van der Waals surface area contributed by atoms with E-state index in [1.807, 2.05) is 6.92 Å². The number of aromatic nitrogens is 1. The molecule has 0 unspecified atom stereocenters. The molecule has 0 spiro atoms. The number of nitrogens with one attached hydrogen (secondary N) is 3. The molecule has 0 aromatic carbocycles. The van der Waals surface area contributed by atoms with Gasteiger partial charge < -0.3 is 20.7 Å². The van der Waals surface area contributed by atoms with Gasteiger partial charge in [-0.15, -0.1) is 35.3 Å². The number of halogens is 4. The molecule has 0 aliphatic rings. The number of ether oxygens (including phenoxy) is 1. The van der Waals surface area contributed by atoms with Crippen LogP contribution in [0.5, 0.6) is 0 Å². The molecule has 0 saturated heterocycles. The third-order valence-electron chi connectivity index (χ3n) is 3.09. The lowest BCUT2D eigenvalue weighted by atomic mass is 10.2. The van der Waals surface area contributed by atoms with Crippen LogP contribution in [0.25, 0.3) is 0 Å². The molecule has 0 atom stereocenters. The first-order chi connectivity index (χ1) is 13.0. The van der Waals surface area contributed by atoms with Crippen molar-refractivity contribution in [1.82, 2.24) is 20.9 Å². The second-order valence-electron chi connectivity index (χ2n) is 6.84. The van der Waals surface area contributed by atoms with Gasteiger partial charge in [0.25, 0.3) is 0 Å². The molecule has 1 amide bonds. The fourth-order valence-corrected chi connectivity index (χ4v) is 2.77. The van der Waals surface area contributed by atoms with Crippen molar-refractivity contribution < 1.29 is 22.7 Å². The van der Waals surface area contributed by atoms with Crippen LogP contribution in [0.2, 0.25) is 0 Å². The van der Waals surface area contributed by atoms with Crippen molar-refractivity contribution >= 4 is 47.4 Å². The Hall–Kier alpha value is -1.31. The molecule has 1 rings (SSSR count). The highest BCUT2D eigenvalue weighted by atomic mass is 127. The van der Waals surface area contributed by atoms with Gasteiger partial charge >= 0.3 is 12.3 Å². The van der Waals surface area contributed by atoms with Crippen LogP contribution in [-0.4, -0.2) is 48.8 Å². The lowest BCUT2D eigenvalue weighted by Gasteiger charge is -2.19. The van der Waals surface area contributed by atoms with Crippen LogP contribution in [0, 0.1) is 0 Å². The van der Waals surface area contributed by atoms with E-state index in [4.69, 9.17) is 4.74 Å². The molecule has 1 heterocycles. The number of alkyl carbamates (subject to hydrolysis) is 1. The summed E-state index contributed by atoms with van der Waals surface area (Å²) in [4.78, 5) is 19.5. The fourth-order valence-electron chi connectivity index (χ4n) is 1.96. The zero-order valence-electron chi connectivity index (χ0n) is 17.0. The molecule has 168 valence electrons. The lowest BCUT2D eigenvalue weighted by molar-refractivity contribution is -0.140. The number of aliphatic imine (C=N–C) groups is 1. The van der Waals surface area contributed by atoms with Crippen molar-refractivity contribution in [1.29, 1.82) is 0 Å². The second-order valence-corrected chi connectivity index (χ2v) is 7.79. The van der Waals surface area contributed by atoms with Gasteiger partial charge in [0.05, 0.1) is 5.01 Å². The highest BCUT2D eigenvalue weighted by Crippen LogP contribution is 2.29.